The maximum Gasteiger partial charge on any atom is 0.458 e. The number of amides is 1. The lowest BCUT2D eigenvalue weighted by Crippen LogP contribution is -2.47. The molecular formula is C24H25ClF5N3O4. The van der Waals surface area contributed by atoms with Gasteiger partial charge in [0, 0.05) is 18.0 Å². The molecule has 1 aliphatic rings. The van der Waals surface area contributed by atoms with Gasteiger partial charge in [-0.25, -0.2) is 9.78 Å². The molecule has 1 amide bonds. The largest absolute Gasteiger partial charge is 0.476 e. The fourth-order valence-corrected chi connectivity index (χ4v) is 3.83. The highest BCUT2D eigenvalue weighted by molar-refractivity contribution is 6.33. The SMILES string of the molecule is CC(C)(C)OC(=O)C(Oc1cc(NC(=O)c2cccnc2Cl)ccc1C(F)(F)C(F)(F)F)C1CCCN1. The minimum Gasteiger partial charge on any atom is -0.476 e. The highest BCUT2D eigenvalue weighted by Gasteiger charge is 2.60. The van der Waals surface area contributed by atoms with Crippen LogP contribution in [-0.2, 0) is 15.5 Å². The summed E-state index contributed by atoms with van der Waals surface area (Å²) >= 11 is 5.90. The van der Waals surface area contributed by atoms with Crippen molar-refractivity contribution in [1.82, 2.24) is 10.3 Å². The zero-order valence-corrected chi connectivity index (χ0v) is 20.8. The van der Waals surface area contributed by atoms with E-state index in [9.17, 15) is 31.5 Å². The number of alkyl halides is 5. The molecule has 0 spiro atoms. The van der Waals surface area contributed by atoms with Crippen LogP contribution in [0.25, 0.3) is 0 Å². The van der Waals surface area contributed by atoms with Crippen LogP contribution in [0.1, 0.15) is 49.5 Å². The summed E-state index contributed by atoms with van der Waals surface area (Å²) in [6.07, 6.45) is -5.13. The number of nitrogens with one attached hydrogen (secondary N) is 2. The number of carbonyl (C=O) groups is 2. The van der Waals surface area contributed by atoms with E-state index < -0.39 is 53.0 Å². The third-order valence-corrected chi connectivity index (χ3v) is 5.60. The van der Waals surface area contributed by atoms with E-state index in [1.807, 2.05) is 0 Å². The Labute approximate surface area is 214 Å². The van der Waals surface area contributed by atoms with E-state index in [0.717, 1.165) is 12.1 Å². The van der Waals surface area contributed by atoms with Gasteiger partial charge in [0.05, 0.1) is 17.2 Å². The van der Waals surface area contributed by atoms with Gasteiger partial charge in [-0.3, -0.25) is 4.79 Å². The van der Waals surface area contributed by atoms with Gasteiger partial charge in [0.2, 0.25) is 6.10 Å². The Morgan fingerprint density at radius 2 is 1.86 bits per heavy atom. The van der Waals surface area contributed by atoms with Crippen LogP contribution in [-0.4, -0.2) is 47.3 Å². The van der Waals surface area contributed by atoms with E-state index in [4.69, 9.17) is 21.1 Å². The van der Waals surface area contributed by atoms with E-state index in [1.54, 1.807) is 20.8 Å². The van der Waals surface area contributed by atoms with Crippen molar-refractivity contribution in [1.29, 1.82) is 0 Å². The van der Waals surface area contributed by atoms with E-state index in [2.05, 4.69) is 15.6 Å². The number of pyridine rings is 1. The van der Waals surface area contributed by atoms with Gasteiger partial charge in [-0.1, -0.05) is 11.6 Å². The normalized spacial score (nSPS) is 17.3. The van der Waals surface area contributed by atoms with Gasteiger partial charge >= 0.3 is 18.1 Å². The van der Waals surface area contributed by atoms with Crippen molar-refractivity contribution >= 4 is 29.2 Å². The highest BCUT2D eigenvalue weighted by atomic mass is 35.5. The summed E-state index contributed by atoms with van der Waals surface area (Å²) in [5, 5.41) is 5.20. The molecule has 13 heteroatoms. The van der Waals surface area contributed by atoms with Crippen molar-refractivity contribution in [3.05, 3.63) is 52.8 Å². The predicted molar refractivity (Wildman–Crippen MR) is 125 cm³/mol. The first kappa shape index (κ1) is 28.6. The summed E-state index contributed by atoms with van der Waals surface area (Å²) in [6, 6.07) is 4.22. The van der Waals surface area contributed by atoms with Crippen LogP contribution in [0, 0.1) is 0 Å². The predicted octanol–water partition coefficient (Wildman–Crippen LogP) is 5.48. The van der Waals surface area contributed by atoms with Crippen molar-refractivity contribution in [2.24, 2.45) is 0 Å². The van der Waals surface area contributed by atoms with Crippen molar-refractivity contribution in [3.63, 3.8) is 0 Å². The Morgan fingerprint density at radius 3 is 2.43 bits per heavy atom. The minimum atomic E-state index is -5.95. The number of esters is 1. The first-order chi connectivity index (χ1) is 17.1. The molecule has 0 saturated carbocycles. The van der Waals surface area contributed by atoms with Gasteiger partial charge < -0.3 is 20.1 Å². The fraction of sp³-hybridized carbons (Fsp3) is 0.458. The Bertz CT molecular complexity index is 1150. The molecule has 0 radical (unpaired) electrons. The second-order valence-corrected chi connectivity index (χ2v) is 9.71. The van der Waals surface area contributed by atoms with Crippen LogP contribution in [0.4, 0.5) is 27.6 Å². The van der Waals surface area contributed by atoms with Crippen LogP contribution in [0.15, 0.2) is 36.5 Å². The second kappa shape index (κ2) is 10.8. The first-order valence-corrected chi connectivity index (χ1v) is 11.6. The molecule has 1 saturated heterocycles. The molecule has 7 nitrogen and oxygen atoms in total. The number of halogens is 6. The number of hydrogen-bond acceptors (Lipinski definition) is 6. The third-order valence-electron chi connectivity index (χ3n) is 5.29. The Morgan fingerprint density at radius 1 is 1.16 bits per heavy atom. The molecule has 1 aromatic carbocycles. The number of rotatable bonds is 7. The van der Waals surface area contributed by atoms with Crippen LogP contribution in [0.3, 0.4) is 0 Å². The maximum absolute atomic E-state index is 14.5. The van der Waals surface area contributed by atoms with Crippen LogP contribution in [0.2, 0.25) is 5.15 Å². The standard InChI is InChI=1S/C24H25ClF5N3O4/c1-22(2,3)37-21(35)18(16-7-5-10-31-16)36-17-12-13(8-9-15(17)23(26,27)24(28,29)30)33-20(34)14-6-4-11-32-19(14)25/h4,6,8-9,11-12,16,18,31H,5,7,10H2,1-3H3,(H,33,34). The minimum absolute atomic E-state index is 0.0573. The summed E-state index contributed by atoms with van der Waals surface area (Å²) in [5.74, 6) is -7.99. The quantitative estimate of drug-likeness (QED) is 0.270. The molecule has 2 unspecified atom stereocenters. The summed E-state index contributed by atoms with van der Waals surface area (Å²) < 4.78 is 79.8. The van der Waals surface area contributed by atoms with Gasteiger partial charge in [-0.2, -0.15) is 22.0 Å². The van der Waals surface area contributed by atoms with E-state index >= 15 is 0 Å². The molecule has 202 valence electrons. The van der Waals surface area contributed by atoms with Gasteiger partial charge in [0.15, 0.2) is 0 Å². The van der Waals surface area contributed by atoms with Gasteiger partial charge in [0.25, 0.3) is 5.91 Å². The number of nitrogens with zero attached hydrogens (tertiary/aromatic N) is 1. The number of anilines is 1. The molecule has 0 bridgehead atoms. The smallest absolute Gasteiger partial charge is 0.458 e. The van der Waals surface area contributed by atoms with E-state index in [0.29, 0.717) is 25.5 Å². The molecule has 3 rings (SSSR count). The summed E-state index contributed by atoms with van der Waals surface area (Å²) in [4.78, 5) is 29.3. The van der Waals surface area contributed by atoms with Crippen molar-refractivity contribution < 1.29 is 41.0 Å². The number of carbonyl (C=O) groups excluding carboxylic acids is 2. The molecule has 1 aliphatic heterocycles. The number of ether oxygens (including phenoxy) is 2. The maximum atomic E-state index is 14.5. The average molecular weight is 550 g/mol. The fourth-order valence-electron chi connectivity index (χ4n) is 3.62. The molecule has 1 fully saturated rings. The summed E-state index contributed by atoms with van der Waals surface area (Å²) in [6.45, 7) is 5.22. The highest BCUT2D eigenvalue weighted by Crippen LogP contribution is 2.48. The second-order valence-electron chi connectivity index (χ2n) is 9.35. The molecule has 2 aromatic rings. The summed E-state index contributed by atoms with van der Waals surface area (Å²) in [5.41, 5.74) is -2.74. The lowest BCUT2D eigenvalue weighted by Gasteiger charge is -2.30. The summed E-state index contributed by atoms with van der Waals surface area (Å²) in [7, 11) is 0. The molecular weight excluding hydrogens is 525 g/mol. The lowest BCUT2D eigenvalue weighted by molar-refractivity contribution is -0.289. The topological polar surface area (TPSA) is 89.5 Å². The van der Waals surface area contributed by atoms with Crippen molar-refractivity contribution in [3.8, 4) is 5.75 Å². The third kappa shape index (κ3) is 6.86. The number of benzene rings is 1. The molecule has 37 heavy (non-hydrogen) atoms. The van der Waals surface area contributed by atoms with Crippen molar-refractivity contribution in [2.45, 2.75) is 63.5 Å². The molecule has 1 aromatic heterocycles. The monoisotopic (exact) mass is 549 g/mol. The lowest BCUT2D eigenvalue weighted by atomic mass is 10.0. The molecule has 2 N–H and O–H groups in total. The first-order valence-electron chi connectivity index (χ1n) is 11.2. The zero-order chi connectivity index (χ0) is 27.6. The number of hydrogen-bond donors (Lipinski definition) is 2. The Balaban J connectivity index is 2.03. The number of aromatic nitrogens is 1. The Kier molecular flexibility index (Phi) is 8.33. The van der Waals surface area contributed by atoms with E-state index in [-0.39, 0.29) is 16.4 Å². The Hall–Kier alpha value is -2.99. The molecule has 2 atom stereocenters. The van der Waals surface area contributed by atoms with Gasteiger partial charge in [-0.05, 0) is 64.4 Å². The molecule has 0 aliphatic carbocycles. The van der Waals surface area contributed by atoms with Crippen LogP contribution >= 0.6 is 11.6 Å². The zero-order valence-electron chi connectivity index (χ0n) is 20.1. The van der Waals surface area contributed by atoms with Gasteiger partial charge in [-0.15, -0.1) is 0 Å². The van der Waals surface area contributed by atoms with Gasteiger partial charge in [0.1, 0.15) is 16.5 Å². The molecule has 2 heterocycles. The van der Waals surface area contributed by atoms with Crippen LogP contribution in [0.5, 0.6) is 5.75 Å². The van der Waals surface area contributed by atoms with Crippen LogP contribution < -0.4 is 15.4 Å². The average Bonchev–Trinajstić information content (AvgIpc) is 3.30. The van der Waals surface area contributed by atoms with Crippen molar-refractivity contribution in [2.75, 3.05) is 11.9 Å². The van der Waals surface area contributed by atoms with E-state index in [1.165, 1.54) is 18.3 Å².